The summed E-state index contributed by atoms with van der Waals surface area (Å²) in [5.41, 5.74) is 1.03. The minimum atomic E-state index is -0.622. The largest absolute Gasteiger partial charge is 0.497 e. The first-order valence-electron chi connectivity index (χ1n) is 7.75. The third-order valence-electron chi connectivity index (χ3n) is 3.39. The van der Waals surface area contributed by atoms with Gasteiger partial charge in [0.1, 0.15) is 18.1 Å². The van der Waals surface area contributed by atoms with E-state index in [2.05, 4.69) is 10.8 Å². The van der Waals surface area contributed by atoms with Gasteiger partial charge in [-0.25, -0.2) is 0 Å². The van der Waals surface area contributed by atoms with Gasteiger partial charge in [-0.2, -0.15) is 0 Å². The second-order valence-corrected chi connectivity index (χ2v) is 5.32. The molecule has 0 aliphatic carbocycles. The van der Waals surface area contributed by atoms with Crippen LogP contribution in [-0.4, -0.2) is 70.3 Å². The quantitative estimate of drug-likeness (QED) is 0.456. The van der Waals surface area contributed by atoms with Crippen molar-refractivity contribution in [3.05, 3.63) is 23.8 Å². The Morgan fingerprint density at radius 2 is 1.83 bits per heavy atom. The molecular weight excluding hydrogens is 310 g/mol. The van der Waals surface area contributed by atoms with Gasteiger partial charge in [0.2, 0.25) is 0 Å². The van der Waals surface area contributed by atoms with Crippen molar-refractivity contribution in [3.8, 4) is 23.8 Å². The minimum Gasteiger partial charge on any atom is -0.497 e. The highest BCUT2D eigenvalue weighted by molar-refractivity contribution is 5.38. The van der Waals surface area contributed by atoms with Gasteiger partial charge in [0, 0.05) is 32.8 Å². The molecule has 1 rings (SSSR count). The molecule has 1 atom stereocenters. The number of ether oxygens (including phenoxy) is 4. The number of methoxy groups -OCH3 is 3. The maximum absolute atomic E-state index is 10.1. The Balaban J connectivity index is 2.72. The van der Waals surface area contributed by atoms with Crippen LogP contribution < -0.4 is 9.47 Å². The molecule has 0 saturated carbocycles. The number of nitrogens with zero attached hydrogens (tertiary/aromatic N) is 1. The van der Waals surface area contributed by atoms with Crippen LogP contribution in [0.1, 0.15) is 5.56 Å². The smallest absolute Gasteiger partial charge is 0.122 e. The third kappa shape index (κ3) is 7.66. The Morgan fingerprint density at radius 1 is 1.17 bits per heavy atom. The summed E-state index contributed by atoms with van der Waals surface area (Å²) in [5, 5.41) is 10.1. The Hall–Kier alpha value is -1.78. The van der Waals surface area contributed by atoms with Crippen molar-refractivity contribution in [2.24, 2.45) is 0 Å². The number of rotatable bonds is 12. The van der Waals surface area contributed by atoms with Gasteiger partial charge >= 0.3 is 0 Å². The highest BCUT2D eigenvalue weighted by atomic mass is 16.5. The van der Waals surface area contributed by atoms with Gasteiger partial charge in [-0.3, -0.25) is 4.90 Å². The zero-order valence-corrected chi connectivity index (χ0v) is 14.7. The van der Waals surface area contributed by atoms with E-state index in [1.807, 2.05) is 18.2 Å². The molecule has 24 heavy (non-hydrogen) atoms. The summed E-state index contributed by atoms with van der Waals surface area (Å²) in [5.74, 6) is 3.84. The number of terminal acetylenes is 1. The van der Waals surface area contributed by atoms with Crippen LogP contribution in [0.5, 0.6) is 11.5 Å². The van der Waals surface area contributed by atoms with Crippen LogP contribution in [0.4, 0.5) is 0 Å². The molecule has 0 aliphatic rings. The molecule has 1 aromatic carbocycles. The fourth-order valence-electron chi connectivity index (χ4n) is 2.28. The summed E-state index contributed by atoms with van der Waals surface area (Å²) >= 11 is 0. The van der Waals surface area contributed by atoms with Crippen molar-refractivity contribution in [2.75, 3.05) is 54.2 Å². The number of aliphatic hydroxyl groups is 1. The molecule has 0 saturated heterocycles. The standard InChI is InChI=1S/C18H27NO5/c1-5-7-24-14-16(20)13-19(6-8-21-2)12-15-9-17(22-3)11-18(10-15)23-4/h1,9-11,16,20H,6-8,12-14H2,2-4H3/t16-/m0/s1. The highest BCUT2D eigenvalue weighted by Crippen LogP contribution is 2.23. The van der Waals surface area contributed by atoms with Gasteiger partial charge in [-0.1, -0.05) is 5.92 Å². The number of aliphatic hydroxyl groups excluding tert-OH is 1. The average molecular weight is 337 g/mol. The molecule has 0 amide bonds. The van der Waals surface area contributed by atoms with Crippen molar-refractivity contribution >= 4 is 0 Å². The van der Waals surface area contributed by atoms with E-state index in [1.165, 1.54) is 0 Å². The van der Waals surface area contributed by atoms with E-state index in [1.54, 1.807) is 21.3 Å². The van der Waals surface area contributed by atoms with Crippen LogP contribution >= 0.6 is 0 Å². The maximum Gasteiger partial charge on any atom is 0.122 e. The summed E-state index contributed by atoms with van der Waals surface area (Å²) in [6.07, 6.45) is 4.51. The molecule has 0 aliphatic heterocycles. The van der Waals surface area contributed by atoms with Gasteiger partial charge in [-0.05, 0) is 17.7 Å². The van der Waals surface area contributed by atoms with E-state index in [0.717, 1.165) is 17.1 Å². The van der Waals surface area contributed by atoms with Gasteiger partial charge in [0.05, 0.1) is 33.5 Å². The first-order valence-corrected chi connectivity index (χ1v) is 7.75. The lowest BCUT2D eigenvalue weighted by Gasteiger charge is -2.25. The predicted octanol–water partition coefficient (Wildman–Crippen LogP) is 1.16. The average Bonchev–Trinajstić information content (AvgIpc) is 2.59. The molecule has 0 fully saturated rings. The normalized spacial score (nSPS) is 12.0. The van der Waals surface area contributed by atoms with Crippen molar-refractivity contribution in [1.82, 2.24) is 4.90 Å². The van der Waals surface area contributed by atoms with Gasteiger partial charge in [-0.15, -0.1) is 6.42 Å². The van der Waals surface area contributed by atoms with Gasteiger partial charge < -0.3 is 24.1 Å². The molecule has 134 valence electrons. The van der Waals surface area contributed by atoms with E-state index >= 15 is 0 Å². The van der Waals surface area contributed by atoms with Gasteiger partial charge in [0.25, 0.3) is 0 Å². The van der Waals surface area contributed by atoms with Crippen LogP contribution in [0.15, 0.2) is 18.2 Å². The van der Waals surface area contributed by atoms with Crippen molar-refractivity contribution in [2.45, 2.75) is 12.6 Å². The number of benzene rings is 1. The monoisotopic (exact) mass is 337 g/mol. The highest BCUT2D eigenvalue weighted by Gasteiger charge is 2.14. The fraction of sp³-hybridized carbons (Fsp3) is 0.556. The summed E-state index contributed by atoms with van der Waals surface area (Å²) in [7, 11) is 4.89. The Bertz CT molecular complexity index is 492. The summed E-state index contributed by atoms with van der Waals surface area (Å²) < 4.78 is 20.9. The minimum absolute atomic E-state index is 0.197. The van der Waals surface area contributed by atoms with E-state index in [4.69, 9.17) is 25.4 Å². The van der Waals surface area contributed by atoms with Crippen LogP contribution in [0.3, 0.4) is 0 Å². The Morgan fingerprint density at radius 3 is 2.38 bits per heavy atom. The molecule has 0 aromatic heterocycles. The van der Waals surface area contributed by atoms with E-state index in [-0.39, 0.29) is 13.2 Å². The molecule has 0 bridgehead atoms. The maximum atomic E-state index is 10.1. The predicted molar refractivity (Wildman–Crippen MR) is 92.4 cm³/mol. The molecule has 6 heteroatoms. The van der Waals surface area contributed by atoms with Crippen LogP contribution in [-0.2, 0) is 16.0 Å². The van der Waals surface area contributed by atoms with Crippen molar-refractivity contribution in [3.63, 3.8) is 0 Å². The van der Waals surface area contributed by atoms with E-state index in [0.29, 0.717) is 26.2 Å². The lowest BCUT2D eigenvalue weighted by Crippen LogP contribution is -2.36. The second-order valence-electron chi connectivity index (χ2n) is 5.32. The molecule has 0 spiro atoms. The molecule has 0 unspecified atom stereocenters. The van der Waals surface area contributed by atoms with E-state index < -0.39 is 6.10 Å². The molecular formula is C18H27NO5. The molecule has 0 heterocycles. The summed E-state index contributed by atoms with van der Waals surface area (Å²) in [4.78, 5) is 2.08. The summed E-state index contributed by atoms with van der Waals surface area (Å²) in [6.45, 7) is 2.73. The van der Waals surface area contributed by atoms with Crippen molar-refractivity contribution < 1.29 is 24.1 Å². The lowest BCUT2D eigenvalue weighted by atomic mass is 10.1. The molecule has 0 radical (unpaired) electrons. The molecule has 1 N–H and O–H groups in total. The summed E-state index contributed by atoms with van der Waals surface area (Å²) in [6, 6.07) is 5.72. The van der Waals surface area contributed by atoms with Crippen molar-refractivity contribution in [1.29, 1.82) is 0 Å². The van der Waals surface area contributed by atoms with Crippen LogP contribution in [0.2, 0.25) is 0 Å². The second kappa shape index (κ2) is 11.7. The zero-order chi connectivity index (χ0) is 17.8. The lowest BCUT2D eigenvalue weighted by molar-refractivity contribution is 0.0207. The third-order valence-corrected chi connectivity index (χ3v) is 3.39. The topological polar surface area (TPSA) is 60.4 Å². The number of hydrogen-bond acceptors (Lipinski definition) is 6. The first kappa shape index (κ1) is 20.3. The van der Waals surface area contributed by atoms with E-state index in [9.17, 15) is 5.11 Å². The SMILES string of the molecule is C#CCOC[C@@H](O)CN(CCOC)Cc1cc(OC)cc(OC)c1. The first-order chi connectivity index (χ1) is 11.6. The molecule has 6 nitrogen and oxygen atoms in total. The number of hydrogen-bond donors (Lipinski definition) is 1. The van der Waals surface area contributed by atoms with Crippen LogP contribution in [0, 0.1) is 12.3 Å². The molecule has 1 aromatic rings. The zero-order valence-electron chi connectivity index (χ0n) is 14.7. The van der Waals surface area contributed by atoms with Gasteiger partial charge in [0.15, 0.2) is 0 Å². The Kier molecular flexibility index (Phi) is 9.89. The fourth-order valence-corrected chi connectivity index (χ4v) is 2.28. The Labute approximate surface area is 144 Å². The van der Waals surface area contributed by atoms with Crippen LogP contribution in [0.25, 0.3) is 0 Å².